The first-order valence-electron chi connectivity index (χ1n) is 6.10. The molecule has 0 heterocycles. The van der Waals surface area contributed by atoms with E-state index >= 15 is 0 Å². The van der Waals surface area contributed by atoms with Crippen LogP contribution in [0.4, 0.5) is 4.39 Å². The summed E-state index contributed by atoms with van der Waals surface area (Å²) in [5.41, 5.74) is 1.84. The van der Waals surface area contributed by atoms with Gasteiger partial charge in [-0.05, 0) is 18.7 Å². The van der Waals surface area contributed by atoms with Gasteiger partial charge in [-0.3, -0.25) is 4.90 Å². The second-order valence-electron chi connectivity index (χ2n) is 4.55. The van der Waals surface area contributed by atoms with E-state index in [1.165, 1.54) is 11.6 Å². The van der Waals surface area contributed by atoms with Crippen molar-refractivity contribution in [2.24, 2.45) is 0 Å². The van der Waals surface area contributed by atoms with E-state index in [2.05, 4.69) is 0 Å². The molecule has 19 heavy (non-hydrogen) atoms. The van der Waals surface area contributed by atoms with Crippen LogP contribution in [-0.4, -0.2) is 11.9 Å². The van der Waals surface area contributed by atoms with Crippen molar-refractivity contribution < 1.29 is 4.39 Å². The second kappa shape index (κ2) is 6.12. The Labute approximate surface area is 112 Å². The lowest BCUT2D eigenvalue weighted by molar-refractivity contribution is 0.313. The maximum atomic E-state index is 13.9. The lowest BCUT2D eigenvalue weighted by atomic mass is 10.1. The normalized spacial score (nSPS) is 10.4. The summed E-state index contributed by atoms with van der Waals surface area (Å²) in [6.07, 6.45) is 0. The summed E-state index contributed by atoms with van der Waals surface area (Å²) >= 11 is 0. The van der Waals surface area contributed by atoms with Gasteiger partial charge in [-0.1, -0.05) is 42.5 Å². The highest BCUT2D eigenvalue weighted by Gasteiger charge is 2.09. The van der Waals surface area contributed by atoms with Gasteiger partial charge in [0, 0.05) is 18.7 Å². The summed E-state index contributed by atoms with van der Waals surface area (Å²) in [6.45, 7) is 1.23. The third kappa shape index (κ3) is 3.40. The first-order chi connectivity index (χ1) is 9.20. The van der Waals surface area contributed by atoms with Crippen LogP contribution in [0.15, 0.2) is 48.5 Å². The van der Waals surface area contributed by atoms with Gasteiger partial charge in [0.25, 0.3) is 0 Å². The molecule has 0 spiro atoms. The zero-order valence-electron chi connectivity index (χ0n) is 10.8. The van der Waals surface area contributed by atoms with Gasteiger partial charge in [0.2, 0.25) is 0 Å². The van der Waals surface area contributed by atoms with Crippen molar-refractivity contribution in [2.75, 3.05) is 7.05 Å². The molecule has 0 aliphatic heterocycles. The van der Waals surface area contributed by atoms with Gasteiger partial charge < -0.3 is 0 Å². The van der Waals surface area contributed by atoms with Crippen LogP contribution in [0.3, 0.4) is 0 Å². The Morgan fingerprint density at radius 1 is 1.05 bits per heavy atom. The summed E-state index contributed by atoms with van der Waals surface area (Å²) in [5.74, 6) is -0.412. The van der Waals surface area contributed by atoms with Gasteiger partial charge in [0.15, 0.2) is 0 Å². The fourth-order valence-electron chi connectivity index (χ4n) is 2.03. The predicted octanol–water partition coefficient (Wildman–Crippen LogP) is 3.33. The highest BCUT2D eigenvalue weighted by molar-refractivity contribution is 5.34. The number of rotatable bonds is 4. The molecule has 0 saturated heterocycles. The molecule has 0 fully saturated rings. The van der Waals surface area contributed by atoms with E-state index in [1.54, 1.807) is 12.1 Å². The van der Waals surface area contributed by atoms with Crippen molar-refractivity contribution in [1.29, 1.82) is 5.26 Å². The third-order valence-electron chi connectivity index (χ3n) is 2.93. The number of nitrogens with zero attached hydrogens (tertiary/aromatic N) is 2. The molecule has 0 unspecified atom stereocenters. The van der Waals surface area contributed by atoms with E-state index in [9.17, 15) is 4.39 Å². The predicted molar refractivity (Wildman–Crippen MR) is 72.7 cm³/mol. The fraction of sp³-hybridized carbons (Fsp3) is 0.188. The molecular weight excluding hydrogens is 239 g/mol. The van der Waals surface area contributed by atoms with Gasteiger partial charge in [0.05, 0.1) is 5.56 Å². The Bertz CT molecular complexity index is 587. The van der Waals surface area contributed by atoms with Crippen LogP contribution < -0.4 is 0 Å². The average Bonchev–Trinajstić information content (AvgIpc) is 2.42. The standard InChI is InChI=1S/C16H15FN2/c1-19(11-13-6-3-2-4-7-13)12-15-9-5-8-14(10-18)16(15)17/h2-9H,11-12H2,1H3. The minimum absolute atomic E-state index is 0.102. The molecule has 0 aliphatic carbocycles. The summed E-state index contributed by atoms with van der Waals surface area (Å²) < 4.78 is 13.9. The van der Waals surface area contributed by atoms with Crippen LogP contribution in [0.25, 0.3) is 0 Å². The molecule has 2 aromatic rings. The molecule has 0 aromatic heterocycles. The van der Waals surface area contributed by atoms with Crippen molar-refractivity contribution in [3.8, 4) is 6.07 Å². The molecule has 2 rings (SSSR count). The van der Waals surface area contributed by atoms with Crippen LogP contribution >= 0.6 is 0 Å². The van der Waals surface area contributed by atoms with Crippen LogP contribution in [-0.2, 0) is 13.1 Å². The van der Waals surface area contributed by atoms with Crippen LogP contribution in [0, 0.1) is 17.1 Å². The highest BCUT2D eigenvalue weighted by Crippen LogP contribution is 2.15. The fourth-order valence-corrected chi connectivity index (χ4v) is 2.03. The monoisotopic (exact) mass is 254 g/mol. The Kier molecular flexibility index (Phi) is 4.27. The number of hydrogen-bond donors (Lipinski definition) is 0. The lowest BCUT2D eigenvalue weighted by Gasteiger charge is -2.17. The van der Waals surface area contributed by atoms with Crippen molar-refractivity contribution in [3.63, 3.8) is 0 Å². The van der Waals surface area contributed by atoms with Crippen molar-refractivity contribution in [2.45, 2.75) is 13.1 Å². The Morgan fingerprint density at radius 3 is 2.47 bits per heavy atom. The van der Waals surface area contributed by atoms with Crippen LogP contribution in [0.1, 0.15) is 16.7 Å². The smallest absolute Gasteiger partial charge is 0.145 e. The van der Waals surface area contributed by atoms with Crippen LogP contribution in [0.2, 0.25) is 0 Å². The van der Waals surface area contributed by atoms with E-state index in [0.29, 0.717) is 12.1 Å². The molecule has 0 saturated carbocycles. The third-order valence-corrected chi connectivity index (χ3v) is 2.93. The number of benzene rings is 2. The summed E-state index contributed by atoms with van der Waals surface area (Å²) in [5, 5.41) is 8.81. The molecule has 0 bridgehead atoms. The van der Waals surface area contributed by atoms with Crippen molar-refractivity contribution in [3.05, 3.63) is 71.0 Å². The van der Waals surface area contributed by atoms with E-state index in [0.717, 1.165) is 6.54 Å². The minimum atomic E-state index is -0.412. The minimum Gasteiger partial charge on any atom is -0.298 e. The molecule has 0 radical (unpaired) electrons. The molecule has 96 valence electrons. The molecule has 0 atom stereocenters. The number of halogens is 1. The molecule has 0 N–H and O–H groups in total. The molecule has 2 nitrogen and oxygen atoms in total. The second-order valence-corrected chi connectivity index (χ2v) is 4.55. The molecule has 3 heteroatoms. The zero-order valence-corrected chi connectivity index (χ0v) is 10.8. The summed E-state index contributed by atoms with van der Waals surface area (Å²) in [7, 11) is 1.94. The highest BCUT2D eigenvalue weighted by atomic mass is 19.1. The molecule has 0 amide bonds. The van der Waals surface area contributed by atoms with Gasteiger partial charge in [-0.25, -0.2) is 4.39 Å². The van der Waals surface area contributed by atoms with Gasteiger partial charge >= 0.3 is 0 Å². The topological polar surface area (TPSA) is 27.0 Å². The van der Waals surface area contributed by atoms with Gasteiger partial charge in [-0.15, -0.1) is 0 Å². The largest absolute Gasteiger partial charge is 0.298 e. The van der Waals surface area contributed by atoms with E-state index in [1.807, 2.05) is 48.3 Å². The van der Waals surface area contributed by atoms with Crippen molar-refractivity contribution >= 4 is 0 Å². The number of hydrogen-bond acceptors (Lipinski definition) is 2. The Balaban J connectivity index is 2.08. The molecule has 0 aliphatic rings. The van der Waals surface area contributed by atoms with E-state index < -0.39 is 5.82 Å². The summed E-state index contributed by atoms with van der Waals surface area (Å²) in [6, 6.07) is 16.8. The quantitative estimate of drug-likeness (QED) is 0.836. The average molecular weight is 254 g/mol. The first-order valence-corrected chi connectivity index (χ1v) is 6.10. The van der Waals surface area contributed by atoms with E-state index in [-0.39, 0.29) is 5.56 Å². The maximum absolute atomic E-state index is 13.9. The SMILES string of the molecule is CN(Cc1ccccc1)Cc1cccc(C#N)c1F. The van der Waals surface area contributed by atoms with E-state index in [4.69, 9.17) is 5.26 Å². The van der Waals surface area contributed by atoms with Gasteiger partial charge in [-0.2, -0.15) is 5.26 Å². The lowest BCUT2D eigenvalue weighted by Crippen LogP contribution is -2.18. The molecule has 2 aromatic carbocycles. The zero-order chi connectivity index (χ0) is 13.7. The van der Waals surface area contributed by atoms with Crippen molar-refractivity contribution in [1.82, 2.24) is 4.90 Å². The summed E-state index contributed by atoms with van der Waals surface area (Å²) in [4.78, 5) is 2.02. The van der Waals surface area contributed by atoms with Gasteiger partial charge in [0.1, 0.15) is 11.9 Å². The maximum Gasteiger partial charge on any atom is 0.145 e. The molecular formula is C16H15FN2. The number of nitriles is 1. The Hall–Kier alpha value is -2.18. The van der Waals surface area contributed by atoms with Crippen LogP contribution in [0.5, 0.6) is 0 Å². The Morgan fingerprint density at radius 2 is 1.79 bits per heavy atom. The first kappa shape index (κ1) is 13.3.